The van der Waals surface area contributed by atoms with Crippen LogP contribution in [0.3, 0.4) is 0 Å². The van der Waals surface area contributed by atoms with Crippen LogP contribution >= 0.6 is 0 Å². The summed E-state index contributed by atoms with van der Waals surface area (Å²) in [5.41, 5.74) is 0.461. The summed E-state index contributed by atoms with van der Waals surface area (Å²) < 4.78 is 27.0. The molecule has 2 rings (SSSR count). The van der Waals surface area contributed by atoms with Crippen LogP contribution in [0.1, 0.15) is 31.7 Å². The van der Waals surface area contributed by atoms with Crippen molar-refractivity contribution in [2.45, 2.75) is 31.1 Å². The topological polar surface area (TPSA) is 110 Å². The number of aromatic hydroxyl groups is 1. The van der Waals surface area contributed by atoms with Gasteiger partial charge in [0.15, 0.2) is 0 Å². The van der Waals surface area contributed by atoms with Gasteiger partial charge in [-0.3, -0.25) is 14.8 Å². The molecule has 0 fully saturated rings. The van der Waals surface area contributed by atoms with E-state index in [1.54, 1.807) is 12.1 Å². The molecule has 0 aliphatic heterocycles. The second-order valence-electron chi connectivity index (χ2n) is 5.44. The zero-order chi connectivity index (χ0) is 17.9. The van der Waals surface area contributed by atoms with E-state index in [0.29, 0.717) is 5.92 Å². The molecule has 8 heteroatoms. The van der Waals surface area contributed by atoms with Crippen molar-refractivity contribution in [3.8, 4) is 5.75 Å². The molecule has 2 N–H and O–H groups in total. The minimum absolute atomic E-state index is 0.0143. The van der Waals surface area contributed by atoms with E-state index in [2.05, 4.69) is 4.72 Å². The molecule has 0 heterocycles. The zero-order valence-electron chi connectivity index (χ0n) is 13.3. The van der Waals surface area contributed by atoms with Gasteiger partial charge >= 0.3 is 0 Å². The number of phenols is 1. The Hall–Kier alpha value is -2.61. The van der Waals surface area contributed by atoms with E-state index in [0.717, 1.165) is 30.2 Å². The highest BCUT2D eigenvalue weighted by molar-refractivity contribution is 7.92. The maximum Gasteiger partial charge on any atom is 0.271 e. The van der Waals surface area contributed by atoms with E-state index in [1.807, 2.05) is 13.8 Å². The number of phenolic OH excluding ortho intramolecular Hbond substituents is 1. The van der Waals surface area contributed by atoms with Gasteiger partial charge in [0.1, 0.15) is 5.75 Å². The van der Waals surface area contributed by atoms with Gasteiger partial charge < -0.3 is 5.11 Å². The Kier molecular flexibility index (Phi) is 5.08. The molecular formula is C16H18N2O5S. The van der Waals surface area contributed by atoms with E-state index in [-0.39, 0.29) is 22.0 Å². The lowest BCUT2D eigenvalue weighted by Gasteiger charge is -2.12. The average Bonchev–Trinajstić information content (AvgIpc) is 2.55. The van der Waals surface area contributed by atoms with Crippen molar-refractivity contribution in [2.75, 3.05) is 4.72 Å². The lowest BCUT2D eigenvalue weighted by atomic mass is 9.99. The van der Waals surface area contributed by atoms with Crippen LogP contribution in [0, 0.1) is 10.1 Å². The number of nitro groups is 1. The molecule has 0 spiro atoms. The molecular weight excluding hydrogens is 332 g/mol. The summed E-state index contributed by atoms with van der Waals surface area (Å²) in [5, 5.41) is 20.5. The summed E-state index contributed by atoms with van der Waals surface area (Å²) in [7, 11) is -3.96. The molecule has 0 radical (unpaired) electrons. The van der Waals surface area contributed by atoms with E-state index < -0.39 is 14.9 Å². The molecule has 0 unspecified atom stereocenters. The second-order valence-corrected chi connectivity index (χ2v) is 7.12. The largest absolute Gasteiger partial charge is 0.506 e. The third-order valence-corrected chi connectivity index (χ3v) is 5.19. The van der Waals surface area contributed by atoms with Crippen LogP contribution in [0.4, 0.5) is 11.4 Å². The molecule has 0 bridgehead atoms. The van der Waals surface area contributed by atoms with Crippen molar-refractivity contribution in [1.29, 1.82) is 0 Å². The number of nitro benzene ring substituents is 1. The minimum Gasteiger partial charge on any atom is -0.506 e. The van der Waals surface area contributed by atoms with Crippen LogP contribution in [-0.4, -0.2) is 18.4 Å². The fraction of sp³-hybridized carbons (Fsp3) is 0.250. The van der Waals surface area contributed by atoms with Crippen LogP contribution in [0.25, 0.3) is 0 Å². The first kappa shape index (κ1) is 17.7. The Morgan fingerprint density at radius 1 is 1.21 bits per heavy atom. The first-order chi connectivity index (χ1) is 11.2. The quantitative estimate of drug-likeness (QED) is 0.470. The number of hydrogen-bond donors (Lipinski definition) is 2. The van der Waals surface area contributed by atoms with Crippen molar-refractivity contribution in [3.63, 3.8) is 0 Å². The van der Waals surface area contributed by atoms with Gasteiger partial charge in [-0.2, -0.15) is 0 Å². The predicted molar refractivity (Wildman–Crippen MR) is 90.7 cm³/mol. The highest BCUT2D eigenvalue weighted by atomic mass is 32.2. The Bertz CT molecular complexity index is 847. The summed E-state index contributed by atoms with van der Waals surface area (Å²) >= 11 is 0. The number of hydrogen-bond acceptors (Lipinski definition) is 5. The third kappa shape index (κ3) is 3.83. The van der Waals surface area contributed by atoms with Crippen molar-refractivity contribution < 1.29 is 18.4 Å². The standard InChI is InChI=1S/C16H18N2O5S/c1-3-11(2)12-4-7-14(8-5-12)24(22,23)17-15-10-13(18(20)21)6-9-16(15)19/h4-11,17,19H,3H2,1-2H3/t11-/m1/s1. The summed E-state index contributed by atoms with van der Waals surface area (Å²) in [6.45, 7) is 4.09. The number of sulfonamides is 1. The number of benzene rings is 2. The van der Waals surface area contributed by atoms with Gasteiger partial charge in [-0.25, -0.2) is 8.42 Å². The number of non-ortho nitro benzene ring substituents is 1. The summed E-state index contributed by atoms with van der Waals surface area (Å²) in [4.78, 5) is 10.1. The number of rotatable bonds is 6. The Labute approximate surface area is 140 Å². The first-order valence-electron chi connectivity index (χ1n) is 7.34. The molecule has 0 aromatic heterocycles. The van der Waals surface area contributed by atoms with E-state index >= 15 is 0 Å². The molecule has 2 aromatic rings. The number of nitrogens with zero attached hydrogens (tertiary/aromatic N) is 1. The predicted octanol–water partition coefficient (Wildman–Crippen LogP) is 3.61. The molecule has 128 valence electrons. The first-order valence-corrected chi connectivity index (χ1v) is 8.83. The SMILES string of the molecule is CC[C@@H](C)c1ccc(S(=O)(=O)Nc2cc([N+](=O)[O-])ccc2O)cc1. The lowest BCUT2D eigenvalue weighted by Crippen LogP contribution is -2.13. The third-order valence-electron chi connectivity index (χ3n) is 3.81. The molecule has 2 aromatic carbocycles. The van der Waals surface area contributed by atoms with Crippen LogP contribution in [0.2, 0.25) is 0 Å². The maximum atomic E-state index is 12.4. The number of nitrogens with one attached hydrogen (secondary N) is 1. The van der Waals surface area contributed by atoms with E-state index in [9.17, 15) is 23.6 Å². The van der Waals surface area contributed by atoms with E-state index in [4.69, 9.17) is 0 Å². The smallest absolute Gasteiger partial charge is 0.271 e. The number of anilines is 1. The summed E-state index contributed by atoms with van der Waals surface area (Å²) in [6.07, 6.45) is 0.936. The van der Waals surface area contributed by atoms with Crippen LogP contribution < -0.4 is 4.72 Å². The van der Waals surface area contributed by atoms with Crippen molar-refractivity contribution in [1.82, 2.24) is 0 Å². The van der Waals surface area contributed by atoms with Gasteiger partial charge in [0.2, 0.25) is 0 Å². The summed E-state index contributed by atoms with van der Waals surface area (Å²) in [5.74, 6) is -0.0732. The molecule has 7 nitrogen and oxygen atoms in total. The monoisotopic (exact) mass is 350 g/mol. The zero-order valence-corrected chi connectivity index (χ0v) is 14.1. The van der Waals surface area contributed by atoms with Gasteiger partial charge in [-0.05, 0) is 36.1 Å². The van der Waals surface area contributed by atoms with Crippen molar-refractivity contribution >= 4 is 21.4 Å². The van der Waals surface area contributed by atoms with Gasteiger partial charge in [0.05, 0.1) is 15.5 Å². The minimum atomic E-state index is -3.96. The van der Waals surface area contributed by atoms with Gasteiger partial charge in [0, 0.05) is 12.1 Å². The molecule has 0 saturated heterocycles. The highest BCUT2D eigenvalue weighted by Gasteiger charge is 2.19. The molecule has 0 aliphatic carbocycles. The Morgan fingerprint density at radius 3 is 2.38 bits per heavy atom. The highest BCUT2D eigenvalue weighted by Crippen LogP contribution is 2.30. The van der Waals surface area contributed by atoms with Gasteiger partial charge in [0.25, 0.3) is 15.7 Å². The Morgan fingerprint density at radius 2 is 1.83 bits per heavy atom. The molecule has 0 amide bonds. The van der Waals surface area contributed by atoms with Crippen LogP contribution in [-0.2, 0) is 10.0 Å². The van der Waals surface area contributed by atoms with Crippen molar-refractivity contribution in [3.05, 3.63) is 58.1 Å². The summed E-state index contributed by atoms with van der Waals surface area (Å²) in [6, 6.07) is 9.54. The fourth-order valence-corrected chi connectivity index (χ4v) is 3.20. The van der Waals surface area contributed by atoms with Crippen molar-refractivity contribution in [2.24, 2.45) is 0 Å². The second kappa shape index (κ2) is 6.88. The van der Waals surface area contributed by atoms with Gasteiger partial charge in [-0.1, -0.05) is 26.0 Å². The molecule has 1 atom stereocenters. The Balaban J connectivity index is 2.32. The molecule has 0 aliphatic rings. The lowest BCUT2D eigenvalue weighted by molar-refractivity contribution is -0.384. The molecule has 0 saturated carbocycles. The average molecular weight is 350 g/mol. The normalized spacial score (nSPS) is 12.6. The maximum absolute atomic E-state index is 12.4. The van der Waals surface area contributed by atoms with Gasteiger partial charge in [-0.15, -0.1) is 0 Å². The van der Waals surface area contributed by atoms with E-state index in [1.165, 1.54) is 12.1 Å². The fourth-order valence-electron chi connectivity index (χ4n) is 2.13. The van der Waals surface area contributed by atoms with Crippen LogP contribution in [0.15, 0.2) is 47.4 Å². The molecule has 24 heavy (non-hydrogen) atoms. The van der Waals surface area contributed by atoms with Crippen LogP contribution in [0.5, 0.6) is 5.75 Å².